The number of benzene rings is 2. The molecule has 0 unspecified atom stereocenters. The van der Waals surface area contributed by atoms with Crippen LogP contribution in [0, 0.1) is 0 Å². The maximum absolute atomic E-state index is 12.9. The quantitative estimate of drug-likeness (QED) is 0.478. The third kappa shape index (κ3) is 3.37. The first-order valence-corrected chi connectivity index (χ1v) is 9.39. The summed E-state index contributed by atoms with van der Waals surface area (Å²) < 4.78 is 19.5. The third-order valence-corrected chi connectivity index (χ3v) is 4.78. The van der Waals surface area contributed by atoms with Crippen LogP contribution >= 0.6 is 0 Å². The van der Waals surface area contributed by atoms with Crippen molar-refractivity contribution in [3.63, 3.8) is 0 Å². The van der Waals surface area contributed by atoms with E-state index in [-0.39, 0.29) is 12.2 Å². The summed E-state index contributed by atoms with van der Waals surface area (Å²) in [7, 11) is 3.15. The Bertz CT molecular complexity index is 1210. The lowest BCUT2D eigenvalue weighted by Gasteiger charge is -2.07. The van der Waals surface area contributed by atoms with Crippen molar-refractivity contribution >= 4 is 11.0 Å². The van der Waals surface area contributed by atoms with E-state index in [0.717, 1.165) is 23.0 Å². The molecule has 8 nitrogen and oxygen atoms in total. The Hall–Kier alpha value is -3.55. The summed E-state index contributed by atoms with van der Waals surface area (Å²) >= 11 is 0. The lowest BCUT2D eigenvalue weighted by molar-refractivity contribution is 0.355. The van der Waals surface area contributed by atoms with Gasteiger partial charge in [-0.25, -0.2) is 4.79 Å². The van der Waals surface area contributed by atoms with E-state index in [4.69, 9.17) is 14.0 Å². The number of aromatic nitrogens is 4. The number of fused-ring (bicyclic) bond motifs is 1. The van der Waals surface area contributed by atoms with Crippen LogP contribution in [0.5, 0.6) is 11.5 Å². The van der Waals surface area contributed by atoms with E-state index in [2.05, 4.69) is 10.1 Å². The summed E-state index contributed by atoms with van der Waals surface area (Å²) in [6, 6.07) is 13.1. The van der Waals surface area contributed by atoms with Gasteiger partial charge in [-0.05, 0) is 36.8 Å². The summed E-state index contributed by atoms with van der Waals surface area (Å²) in [6.07, 6.45) is 0.873. The lowest BCUT2D eigenvalue weighted by Crippen LogP contribution is -2.24. The molecule has 0 fully saturated rings. The maximum atomic E-state index is 12.9. The van der Waals surface area contributed by atoms with Crippen molar-refractivity contribution < 1.29 is 14.0 Å². The number of methoxy groups -OCH3 is 2. The molecular formula is C21H22N4O4. The van der Waals surface area contributed by atoms with Gasteiger partial charge in [0.25, 0.3) is 0 Å². The van der Waals surface area contributed by atoms with Crippen LogP contribution < -0.4 is 15.2 Å². The average Bonchev–Trinajstić information content (AvgIpc) is 3.33. The lowest BCUT2D eigenvalue weighted by atomic mass is 10.2. The number of rotatable bonds is 7. The molecule has 0 aliphatic carbocycles. The van der Waals surface area contributed by atoms with Gasteiger partial charge in [0.15, 0.2) is 11.5 Å². The SMILES string of the molecule is CCCn1c(=O)n(Cc2nc(-c3ccc(OC)c(OC)c3)no2)c2ccccc21. The third-order valence-electron chi connectivity index (χ3n) is 4.78. The van der Waals surface area contributed by atoms with Crippen molar-refractivity contribution in [3.05, 3.63) is 58.8 Å². The largest absolute Gasteiger partial charge is 0.493 e. The summed E-state index contributed by atoms with van der Waals surface area (Å²) in [6.45, 7) is 2.91. The van der Waals surface area contributed by atoms with Crippen molar-refractivity contribution in [2.24, 2.45) is 0 Å². The van der Waals surface area contributed by atoms with Crippen molar-refractivity contribution in [1.29, 1.82) is 0 Å². The molecule has 2 aromatic heterocycles. The summed E-state index contributed by atoms with van der Waals surface area (Å²) in [4.78, 5) is 17.4. The zero-order chi connectivity index (χ0) is 20.4. The van der Waals surface area contributed by atoms with E-state index >= 15 is 0 Å². The Kier molecular flexibility index (Phi) is 5.07. The molecule has 0 aliphatic rings. The Morgan fingerprint density at radius 1 is 1.00 bits per heavy atom. The fourth-order valence-corrected chi connectivity index (χ4v) is 3.41. The molecule has 0 atom stereocenters. The summed E-state index contributed by atoms with van der Waals surface area (Å²) in [5.41, 5.74) is 2.40. The van der Waals surface area contributed by atoms with E-state index in [9.17, 15) is 4.79 Å². The van der Waals surface area contributed by atoms with E-state index < -0.39 is 0 Å². The summed E-state index contributed by atoms with van der Waals surface area (Å²) in [5, 5.41) is 4.06. The van der Waals surface area contributed by atoms with Gasteiger partial charge in [0.2, 0.25) is 11.7 Å². The topological polar surface area (TPSA) is 84.3 Å². The minimum Gasteiger partial charge on any atom is -0.493 e. The van der Waals surface area contributed by atoms with Crippen LogP contribution in [-0.2, 0) is 13.1 Å². The predicted molar refractivity (Wildman–Crippen MR) is 108 cm³/mol. The highest BCUT2D eigenvalue weighted by atomic mass is 16.5. The van der Waals surface area contributed by atoms with E-state index in [1.54, 1.807) is 35.5 Å². The molecule has 4 rings (SSSR count). The molecule has 0 radical (unpaired) electrons. The monoisotopic (exact) mass is 394 g/mol. The predicted octanol–water partition coefficient (Wildman–Crippen LogP) is 3.33. The van der Waals surface area contributed by atoms with Crippen LogP contribution in [0.25, 0.3) is 22.4 Å². The molecule has 0 bridgehead atoms. The van der Waals surface area contributed by atoms with Gasteiger partial charge in [-0.15, -0.1) is 0 Å². The molecule has 150 valence electrons. The molecule has 2 aromatic carbocycles. The molecule has 8 heteroatoms. The first kappa shape index (κ1) is 18.8. The van der Waals surface area contributed by atoms with Crippen LogP contribution in [0.1, 0.15) is 19.2 Å². The molecule has 29 heavy (non-hydrogen) atoms. The van der Waals surface area contributed by atoms with Gasteiger partial charge in [0, 0.05) is 12.1 Å². The summed E-state index contributed by atoms with van der Waals surface area (Å²) in [5.74, 6) is 1.98. The van der Waals surface area contributed by atoms with Gasteiger partial charge in [0.1, 0.15) is 6.54 Å². The first-order chi connectivity index (χ1) is 14.2. The number of ether oxygens (including phenoxy) is 2. The Labute approximate surface area is 167 Å². The molecule has 0 aliphatic heterocycles. The van der Waals surface area contributed by atoms with Gasteiger partial charge in [0.05, 0.1) is 25.3 Å². The fraction of sp³-hybridized carbons (Fsp3) is 0.286. The van der Waals surface area contributed by atoms with Crippen molar-refractivity contribution in [1.82, 2.24) is 19.3 Å². The van der Waals surface area contributed by atoms with Crippen molar-refractivity contribution in [2.45, 2.75) is 26.4 Å². The molecule has 0 spiro atoms. The first-order valence-electron chi connectivity index (χ1n) is 9.39. The molecule has 0 amide bonds. The number of nitrogens with zero attached hydrogens (tertiary/aromatic N) is 4. The number of aryl methyl sites for hydroxylation is 1. The molecule has 0 N–H and O–H groups in total. The van der Waals surface area contributed by atoms with Crippen LogP contribution in [-0.4, -0.2) is 33.5 Å². The van der Waals surface area contributed by atoms with Gasteiger partial charge in [-0.1, -0.05) is 24.2 Å². The Balaban J connectivity index is 1.69. The van der Waals surface area contributed by atoms with Crippen LogP contribution in [0.15, 0.2) is 51.8 Å². The van der Waals surface area contributed by atoms with E-state index in [1.807, 2.05) is 37.3 Å². The highest BCUT2D eigenvalue weighted by Crippen LogP contribution is 2.31. The van der Waals surface area contributed by atoms with Crippen molar-refractivity contribution in [3.8, 4) is 22.9 Å². The van der Waals surface area contributed by atoms with Gasteiger partial charge >= 0.3 is 5.69 Å². The molecule has 4 aromatic rings. The zero-order valence-electron chi connectivity index (χ0n) is 16.6. The molecule has 0 saturated carbocycles. The van der Waals surface area contributed by atoms with E-state index in [0.29, 0.717) is 29.8 Å². The number of hydrogen-bond donors (Lipinski definition) is 0. The smallest absolute Gasteiger partial charge is 0.329 e. The Morgan fingerprint density at radius 2 is 1.72 bits per heavy atom. The normalized spacial score (nSPS) is 11.1. The highest BCUT2D eigenvalue weighted by Gasteiger charge is 2.17. The van der Waals surface area contributed by atoms with Gasteiger partial charge in [-0.3, -0.25) is 9.13 Å². The second-order valence-corrected chi connectivity index (χ2v) is 6.59. The van der Waals surface area contributed by atoms with Gasteiger partial charge in [-0.2, -0.15) is 4.98 Å². The Morgan fingerprint density at radius 3 is 2.41 bits per heavy atom. The van der Waals surface area contributed by atoms with Crippen molar-refractivity contribution in [2.75, 3.05) is 14.2 Å². The molecular weight excluding hydrogens is 372 g/mol. The second kappa shape index (κ2) is 7.83. The standard InChI is InChI=1S/C21H22N4O4/c1-4-11-24-15-7-5-6-8-16(15)25(21(24)26)13-19-22-20(23-29-19)14-9-10-17(27-2)18(12-14)28-3/h5-10,12H,4,11,13H2,1-3H3. The van der Waals surface area contributed by atoms with Gasteiger partial charge < -0.3 is 14.0 Å². The van der Waals surface area contributed by atoms with Crippen LogP contribution in [0.2, 0.25) is 0 Å². The minimum atomic E-state index is -0.0843. The highest BCUT2D eigenvalue weighted by molar-refractivity contribution is 5.76. The zero-order valence-corrected chi connectivity index (χ0v) is 16.6. The maximum Gasteiger partial charge on any atom is 0.329 e. The number of imidazole rings is 1. The number of para-hydroxylation sites is 2. The fourth-order valence-electron chi connectivity index (χ4n) is 3.41. The average molecular weight is 394 g/mol. The molecule has 2 heterocycles. The van der Waals surface area contributed by atoms with E-state index in [1.165, 1.54) is 0 Å². The second-order valence-electron chi connectivity index (χ2n) is 6.59. The van der Waals surface area contributed by atoms with Crippen LogP contribution in [0.4, 0.5) is 0 Å². The number of hydrogen-bond acceptors (Lipinski definition) is 6. The minimum absolute atomic E-state index is 0.0843. The van der Waals surface area contributed by atoms with Crippen LogP contribution in [0.3, 0.4) is 0 Å². The molecule has 0 saturated heterocycles.